The van der Waals surface area contributed by atoms with Gasteiger partial charge in [0.1, 0.15) is 0 Å². The number of carbonyl (C=O) groups is 2. The Morgan fingerprint density at radius 2 is 1.06 bits per heavy atom. The predicted octanol–water partition coefficient (Wildman–Crippen LogP) is 5.84. The molecule has 0 spiro atoms. The molecule has 0 saturated carbocycles. The van der Waals surface area contributed by atoms with Gasteiger partial charge in [-0.25, -0.2) is 0 Å². The minimum Gasteiger partial charge on any atom is -1.00 e. The van der Waals surface area contributed by atoms with E-state index in [-0.39, 0.29) is 53.8 Å². The van der Waals surface area contributed by atoms with Crippen molar-refractivity contribution in [2.24, 2.45) is 0 Å². The number of hydrogen-bond acceptors (Lipinski definition) is 6. The predicted molar refractivity (Wildman–Crippen MR) is 135 cm³/mol. The molecule has 0 radical (unpaired) electrons. The summed E-state index contributed by atoms with van der Waals surface area (Å²) in [5.41, 5.74) is 0. The zero-order chi connectivity index (χ0) is 24.1. The van der Waals surface area contributed by atoms with Crippen LogP contribution in [0, 0.1) is 0 Å². The molecule has 0 saturated heterocycles. The van der Waals surface area contributed by atoms with Crippen molar-refractivity contribution >= 4 is 59.8 Å². The maximum atomic E-state index is 12.1. The molecule has 7 nitrogen and oxygen atoms in total. The van der Waals surface area contributed by atoms with Gasteiger partial charge in [-0.1, -0.05) is 104 Å². The van der Waals surface area contributed by atoms with E-state index in [0.717, 1.165) is 38.5 Å². The summed E-state index contributed by atoms with van der Waals surface area (Å²) in [6.45, 7) is 4.61. The maximum Gasteiger partial charge on any atom is 2.00 e. The van der Waals surface area contributed by atoms with Crippen LogP contribution in [0.2, 0.25) is 0 Å². The summed E-state index contributed by atoms with van der Waals surface area (Å²) < 4.78 is 42.4. The molecule has 0 fully saturated rings. The summed E-state index contributed by atoms with van der Waals surface area (Å²) in [6.07, 6.45) is 16.6. The molecule has 0 aromatic carbocycles. The third-order valence-corrected chi connectivity index (χ3v) is 6.56. The first kappa shape index (κ1) is 35.3. The monoisotopic (exact) mass is 520 g/mol. The minimum atomic E-state index is -4.75. The average molecular weight is 521 g/mol. The Morgan fingerprint density at radius 1 is 0.697 bits per heavy atom. The van der Waals surface area contributed by atoms with Gasteiger partial charge in [0.05, 0.1) is 19.6 Å². The van der Waals surface area contributed by atoms with E-state index in [9.17, 15) is 22.6 Å². The van der Waals surface area contributed by atoms with Gasteiger partial charge in [0.25, 0.3) is 10.1 Å². The summed E-state index contributed by atoms with van der Waals surface area (Å²) in [4.78, 5) is 24.0. The van der Waals surface area contributed by atoms with Gasteiger partial charge in [-0.05, 0) is 12.8 Å². The van der Waals surface area contributed by atoms with Gasteiger partial charge in [0, 0.05) is 0 Å². The van der Waals surface area contributed by atoms with Crippen LogP contribution < -0.4 is 0 Å². The first-order valence-electron chi connectivity index (χ1n) is 12.6. The first-order valence-corrected chi connectivity index (χ1v) is 14.1. The van der Waals surface area contributed by atoms with Gasteiger partial charge < -0.3 is 12.3 Å². The summed E-state index contributed by atoms with van der Waals surface area (Å²) in [5.74, 6) is -1.92. The van der Waals surface area contributed by atoms with Crippen molar-refractivity contribution in [1.82, 2.24) is 0 Å². The zero-order valence-corrected chi connectivity index (χ0v) is 24.0. The van der Waals surface area contributed by atoms with Crippen LogP contribution in [0.5, 0.6) is 0 Å². The molecule has 0 rings (SSSR count). The van der Waals surface area contributed by atoms with Crippen molar-refractivity contribution in [1.29, 1.82) is 0 Å². The molecule has 0 aromatic rings. The molecule has 194 valence electrons. The normalized spacial score (nSPS) is 12.1. The van der Waals surface area contributed by atoms with Crippen molar-refractivity contribution in [2.75, 3.05) is 13.2 Å². The summed E-state index contributed by atoms with van der Waals surface area (Å²) in [5, 5.41) is -1.93. The van der Waals surface area contributed by atoms with E-state index in [0.29, 0.717) is 12.8 Å². The molecule has 33 heavy (non-hydrogen) atoms. The number of carbonyl (C=O) groups excluding carboxylic acids is 2. The van der Waals surface area contributed by atoms with E-state index in [1.165, 1.54) is 51.4 Å². The summed E-state index contributed by atoms with van der Waals surface area (Å²) >= 11 is 0. The SMILES string of the molecule is CCCCCCCCCCOC(=O)CC(C(=O)OCCCCCCCCCC)S(=O)(=O)O.[Ca+2].[H-].[H-]. The molecule has 0 amide bonds. The van der Waals surface area contributed by atoms with Gasteiger partial charge in [0.15, 0.2) is 5.25 Å². The smallest absolute Gasteiger partial charge is 1.00 e. The number of hydrogen-bond donors (Lipinski definition) is 1. The van der Waals surface area contributed by atoms with Gasteiger partial charge in [-0.2, -0.15) is 8.42 Å². The number of ether oxygens (including phenoxy) is 2. The molecular weight excluding hydrogens is 472 g/mol. The fraction of sp³-hybridized carbons (Fsp3) is 0.917. The second-order valence-electron chi connectivity index (χ2n) is 8.55. The molecule has 9 heteroatoms. The van der Waals surface area contributed by atoms with E-state index >= 15 is 0 Å². The Balaban J connectivity index is -0.00000160. The van der Waals surface area contributed by atoms with Crippen LogP contribution in [0.15, 0.2) is 0 Å². The van der Waals surface area contributed by atoms with Gasteiger partial charge in [0.2, 0.25) is 0 Å². The second-order valence-corrected chi connectivity index (χ2v) is 10.1. The molecular formula is C24H48CaO7S. The molecule has 1 atom stereocenters. The van der Waals surface area contributed by atoms with E-state index in [1.807, 2.05) is 0 Å². The molecule has 1 unspecified atom stereocenters. The fourth-order valence-electron chi connectivity index (χ4n) is 3.44. The van der Waals surface area contributed by atoms with Crippen LogP contribution in [0.25, 0.3) is 0 Å². The average Bonchev–Trinajstić information content (AvgIpc) is 2.74. The summed E-state index contributed by atoms with van der Waals surface area (Å²) in [7, 11) is -4.75. The Labute approximate surface area is 234 Å². The molecule has 1 N–H and O–H groups in total. The largest absolute Gasteiger partial charge is 2.00 e. The van der Waals surface area contributed by atoms with Crippen molar-refractivity contribution in [2.45, 2.75) is 128 Å². The molecule has 0 bridgehead atoms. The number of rotatable bonds is 22. The molecule has 0 heterocycles. The Morgan fingerprint density at radius 3 is 1.45 bits per heavy atom. The zero-order valence-electron chi connectivity index (χ0n) is 23.0. The number of unbranched alkanes of at least 4 members (excludes halogenated alkanes) is 14. The molecule has 0 aromatic heterocycles. The first-order chi connectivity index (χ1) is 15.3. The van der Waals surface area contributed by atoms with E-state index < -0.39 is 33.7 Å². The van der Waals surface area contributed by atoms with Crippen LogP contribution in [-0.4, -0.2) is 81.1 Å². The van der Waals surface area contributed by atoms with Gasteiger partial charge >= 0.3 is 49.7 Å². The van der Waals surface area contributed by atoms with E-state index in [4.69, 9.17) is 9.47 Å². The standard InChI is InChI=1S/C24H46O7S.Ca.2H/c1-3-5-7-9-11-13-15-17-19-30-23(25)21-22(32(27,28)29)24(26)31-20-18-16-14-12-10-8-6-4-2;;;/h22H,3-21H2,1-2H3,(H,27,28,29);;;/q;+2;2*-1. The van der Waals surface area contributed by atoms with Crippen molar-refractivity contribution in [3.63, 3.8) is 0 Å². The topological polar surface area (TPSA) is 107 Å². The molecule has 0 aliphatic heterocycles. The molecule has 0 aliphatic rings. The van der Waals surface area contributed by atoms with Gasteiger partial charge in [-0.15, -0.1) is 0 Å². The third-order valence-electron chi connectivity index (χ3n) is 5.48. The van der Waals surface area contributed by atoms with Crippen LogP contribution in [0.4, 0.5) is 0 Å². The van der Waals surface area contributed by atoms with Crippen molar-refractivity contribution < 1.29 is 34.9 Å². The van der Waals surface area contributed by atoms with Crippen LogP contribution >= 0.6 is 0 Å². The maximum absolute atomic E-state index is 12.1. The fourth-order valence-corrected chi connectivity index (χ4v) is 4.10. The van der Waals surface area contributed by atoms with Crippen LogP contribution in [0.3, 0.4) is 0 Å². The summed E-state index contributed by atoms with van der Waals surface area (Å²) in [6, 6.07) is 0. The van der Waals surface area contributed by atoms with Crippen LogP contribution in [-0.2, 0) is 29.2 Å². The van der Waals surface area contributed by atoms with Crippen molar-refractivity contribution in [3.8, 4) is 0 Å². The molecule has 0 aliphatic carbocycles. The number of esters is 2. The Hall–Kier alpha value is 0.110. The quantitative estimate of drug-likeness (QED) is 0.0826. The third kappa shape index (κ3) is 22.3. The van der Waals surface area contributed by atoms with Crippen molar-refractivity contribution in [3.05, 3.63) is 0 Å². The Kier molecular flexibility index (Phi) is 25.5. The Bertz CT molecular complexity index is 592. The minimum absolute atomic E-state index is 0. The second kappa shape index (κ2) is 23.8. The van der Waals surface area contributed by atoms with E-state index in [1.54, 1.807) is 0 Å². The van der Waals surface area contributed by atoms with Gasteiger partial charge in [-0.3, -0.25) is 14.1 Å². The van der Waals surface area contributed by atoms with Crippen LogP contribution in [0.1, 0.15) is 126 Å². The van der Waals surface area contributed by atoms with E-state index in [2.05, 4.69) is 13.8 Å².